The molecule has 4 heterocycles. The van der Waals surface area contributed by atoms with Crippen LogP contribution in [0.5, 0.6) is 0 Å². The van der Waals surface area contributed by atoms with Gasteiger partial charge in [-0.1, -0.05) is 0 Å². The van der Waals surface area contributed by atoms with Crippen LogP contribution in [0.25, 0.3) is 22.4 Å². The van der Waals surface area contributed by atoms with Crippen molar-refractivity contribution in [2.24, 2.45) is 5.92 Å². The zero-order valence-corrected chi connectivity index (χ0v) is 19.2. The monoisotopic (exact) mass is 448 g/mol. The molecule has 6 nitrogen and oxygen atoms in total. The first-order valence-corrected chi connectivity index (χ1v) is 10.9. The van der Waals surface area contributed by atoms with E-state index in [0.717, 1.165) is 54.7 Å². The predicted octanol–water partition coefficient (Wildman–Crippen LogP) is 4.79. The van der Waals surface area contributed by atoms with Crippen LogP contribution in [0.4, 0.5) is 0 Å². The van der Waals surface area contributed by atoms with Crippen molar-refractivity contribution in [3.05, 3.63) is 29.1 Å². The van der Waals surface area contributed by atoms with Crippen molar-refractivity contribution < 1.29 is 0 Å². The first-order chi connectivity index (χ1) is 13.7. The highest BCUT2D eigenvalue weighted by Crippen LogP contribution is 2.46. The lowest BCUT2D eigenvalue weighted by atomic mass is 10.0. The van der Waals surface area contributed by atoms with Gasteiger partial charge in [-0.25, -0.2) is 9.67 Å². The van der Waals surface area contributed by atoms with E-state index >= 15 is 0 Å². The summed E-state index contributed by atoms with van der Waals surface area (Å²) >= 11 is 0. The standard InChI is InChI=1S/C22H28N6.2ClH/c1-13-21-18(16-6-7-16)11-19(20-10-17-12-23-8-3-9-27(17)26-20)24-22(21)28(25-13)14(2)15-4-5-15;;/h10-11,14-16,23H,3-9,12H2,1-2H3;2*1H. The van der Waals surface area contributed by atoms with Crippen LogP contribution in [0.3, 0.4) is 0 Å². The first kappa shape index (κ1) is 21.6. The van der Waals surface area contributed by atoms with Gasteiger partial charge in [0.05, 0.1) is 23.1 Å². The van der Waals surface area contributed by atoms with Crippen molar-refractivity contribution in [2.45, 2.75) is 71.0 Å². The minimum absolute atomic E-state index is 0. The molecular formula is C22H30Cl2N6. The van der Waals surface area contributed by atoms with Crippen LogP contribution in [0.1, 0.15) is 67.9 Å². The number of aromatic nitrogens is 5. The number of hydrogen-bond acceptors (Lipinski definition) is 4. The van der Waals surface area contributed by atoms with Gasteiger partial charge in [0.2, 0.25) is 0 Å². The predicted molar refractivity (Wildman–Crippen MR) is 124 cm³/mol. The summed E-state index contributed by atoms with van der Waals surface area (Å²) in [7, 11) is 0. The second-order valence-electron chi connectivity index (χ2n) is 8.95. The van der Waals surface area contributed by atoms with E-state index in [9.17, 15) is 0 Å². The summed E-state index contributed by atoms with van der Waals surface area (Å²) < 4.78 is 4.37. The Morgan fingerprint density at radius 2 is 1.87 bits per heavy atom. The van der Waals surface area contributed by atoms with E-state index in [1.807, 2.05) is 0 Å². The van der Waals surface area contributed by atoms with Gasteiger partial charge in [-0.05, 0) is 82.0 Å². The highest BCUT2D eigenvalue weighted by molar-refractivity contribution is 5.86. The fourth-order valence-corrected chi connectivity index (χ4v) is 4.74. The Kier molecular flexibility index (Phi) is 5.86. The van der Waals surface area contributed by atoms with E-state index in [0.29, 0.717) is 12.0 Å². The van der Waals surface area contributed by atoms with E-state index in [1.54, 1.807) is 0 Å². The van der Waals surface area contributed by atoms with Crippen molar-refractivity contribution in [2.75, 3.05) is 6.54 Å². The van der Waals surface area contributed by atoms with Gasteiger partial charge in [0.15, 0.2) is 5.65 Å². The van der Waals surface area contributed by atoms with Crippen molar-refractivity contribution in [1.29, 1.82) is 0 Å². The molecule has 2 aliphatic carbocycles. The van der Waals surface area contributed by atoms with Crippen LogP contribution in [-0.4, -0.2) is 31.1 Å². The molecule has 1 atom stereocenters. The summed E-state index contributed by atoms with van der Waals surface area (Å²) in [5, 5.41) is 14.7. The molecule has 0 saturated heterocycles. The van der Waals surface area contributed by atoms with Crippen LogP contribution >= 0.6 is 24.8 Å². The summed E-state index contributed by atoms with van der Waals surface area (Å²) in [6.45, 7) is 7.39. The summed E-state index contributed by atoms with van der Waals surface area (Å²) in [6.07, 6.45) is 6.32. The van der Waals surface area contributed by atoms with Gasteiger partial charge in [0, 0.05) is 18.5 Å². The van der Waals surface area contributed by atoms with Gasteiger partial charge in [-0.3, -0.25) is 4.68 Å². The van der Waals surface area contributed by atoms with Gasteiger partial charge in [-0.15, -0.1) is 24.8 Å². The Labute approximate surface area is 189 Å². The van der Waals surface area contributed by atoms with E-state index in [1.165, 1.54) is 42.3 Å². The number of nitrogens with zero attached hydrogens (tertiary/aromatic N) is 5. The Hall–Kier alpha value is -1.63. The average Bonchev–Trinajstić information content (AvgIpc) is 3.60. The van der Waals surface area contributed by atoms with Crippen molar-refractivity contribution in [3.63, 3.8) is 0 Å². The minimum atomic E-state index is 0. The maximum Gasteiger partial charge on any atom is 0.159 e. The molecule has 30 heavy (non-hydrogen) atoms. The van der Waals surface area contributed by atoms with Crippen LogP contribution in [0.2, 0.25) is 0 Å². The molecule has 2 saturated carbocycles. The zero-order valence-electron chi connectivity index (χ0n) is 17.6. The summed E-state index contributed by atoms with van der Waals surface area (Å²) in [6, 6.07) is 4.95. The van der Waals surface area contributed by atoms with E-state index in [-0.39, 0.29) is 24.8 Å². The molecule has 1 aliphatic heterocycles. The van der Waals surface area contributed by atoms with Gasteiger partial charge in [0.1, 0.15) is 5.69 Å². The molecule has 0 spiro atoms. The van der Waals surface area contributed by atoms with Crippen molar-refractivity contribution >= 4 is 35.8 Å². The number of fused-ring (bicyclic) bond motifs is 2. The molecule has 8 heteroatoms. The molecule has 2 fully saturated rings. The Bertz CT molecular complexity index is 1040. The molecule has 1 N–H and O–H groups in total. The van der Waals surface area contributed by atoms with E-state index < -0.39 is 0 Å². The molecule has 1 unspecified atom stereocenters. The summed E-state index contributed by atoms with van der Waals surface area (Å²) in [5.74, 6) is 1.42. The van der Waals surface area contributed by atoms with Gasteiger partial charge < -0.3 is 5.32 Å². The number of hydrogen-bond donors (Lipinski definition) is 1. The lowest BCUT2D eigenvalue weighted by Gasteiger charge is -2.13. The van der Waals surface area contributed by atoms with Crippen LogP contribution in [0, 0.1) is 12.8 Å². The Balaban J connectivity index is 0.00000109. The molecule has 3 aromatic heterocycles. The molecule has 0 radical (unpaired) electrons. The largest absolute Gasteiger partial charge is 0.311 e. The summed E-state index contributed by atoms with van der Waals surface area (Å²) in [5.41, 5.74) is 6.92. The number of nitrogens with one attached hydrogen (secondary N) is 1. The Morgan fingerprint density at radius 3 is 2.60 bits per heavy atom. The van der Waals surface area contributed by atoms with Crippen molar-refractivity contribution in [3.8, 4) is 11.4 Å². The average molecular weight is 449 g/mol. The lowest BCUT2D eigenvalue weighted by molar-refractivity contribution is 0.448. The van der Waals surface area contributed by atoms with Gasteiger partial charge in [0.25, 0.3) is 0 Å². The fourth-order valence-electron chi connectivity index (χ4n) is 4.74. The molecular weight excluding hydrogens is 419 g/mol. The molecule has 3 aliphatic rings. The maximum atomic E-state index is 5.14. The highest BCUT2D eigenvalue weighted by Gasteiger charge is 2.34. The smallest absolute Gasteiger partial charge is 0.159 e. The third-order valence-electron chi connectivity index (χ3n) is 6.73. The lowest BCUT2D eigenvalue weighted by Crippen LogP contribution is -2.11. The minimum Gasteiger partial charge on any atom is -0.311 e. The second kappa shape index (κ2) is 8.13. The molecule has 0 bridgehead atoms. The SMILES string of the molecule is Cc1nn(C(C)C2CC2)c2nc(-c3cc4n(n3)CCCNC4)cc(C3CC3)c12.Cl.Cl. The Morgan fingerprint density at radius 1 is 1.07 bits per heavy atom. The molecule has 0 aromatic carbocycles. The molecule has 0 amide bonds. The molecule has 162 valence electrons. The number of pyridine rings is 1. The van der Waals surface area contributed by atoms with E-state index in [2.05, 4.69) is 40.7 Å². The van der Waals surface area contributed by atoms with Gasteiger partial charge >= 0.3 is 0 Å². The maximum absolute atomic E-state index is 5.14. The molecule has 6 rings (SSSR count). The van der Waals surface area contributed by atoms with Crippen LogP contribution in [-0.2, 0) is 13.1 Å². The number of halogens is 2. The van der Waals surface area contributed by atoms with Crippen LogP contribution < -0.4 is 5.32 Å². The number of rotatable bonds is 4. The van der Waals surface area contributed by atoms with E-state index in [4.69, 9.17) is 15.2 Å². The fraction of sp³-hybridized carbons (Fsp3) is 0.591. The normalized spacial score (nSPS) is 19.5. The third-order valence-corrected chi connectivity index (χ3v) is 6.73. The zero-order chi connectivity index (χ0) is 18.8. The second-order valence-corrected chi connectivity index (χ2v) is 8.95. The number of aryl methyl sites for hydroxylation is 2. The quantitative estimate of drug-likeness (QED) is 0.622. The molecule has 3 aromatic rings. The van der Waals surface area contributed by atoms with Crippen molar-refractivity contribution in [1.82, 2.24) is 29.9 Å². The third kappa shape index (κ3) is 3.63. The van der Waals surface area contributed by atoms with Crippen LogP contribution in [0.15, 0.2) is 12.1 Å². The first-order valence-electron chi connectivity index (χ1n) is 10.9. The van der Waals surface area contributed by atoms with Gasteiger partial charge in [-0.2, -0.15) is 10.2 Å². The topological polar surface area (TPSA) is 60.6 Å². The summed E-state index contributed by atoms with van der Waals surface area (Å²) in [4.78, 5) is 5.14. The highest BCUT2D eigenvalue weighted by atomic mass is 35.5.